The van der Waals surface area contributed by atoms with Gasteiger partial charge in [-0.05, 0) is 28.7 Å². The van der Waals surface area contributed by atoms with E-state index in [1.54, 1.807) is 0 Å². The molecule has 1 aliphatic carbocycles. The first-order valence-corrected chi connectivity index (χ1v) is 11.4. The first-order chi connectivity index (χ1) is 16.8. The summed E-state index contributed by atoms with van der Waals surface area (Å²) in [6.45, 7) is 0.419. The molecule has 1 heterocycles. The molecule has 0 bridgehead atoms. The average molecular weight is 488 g/mol. The lowest BCUT2D eigenvalue weighted by molar-refractivity contribution is -0.145. The maximum Gasteiger partial charge on any atom is 0.407 e. The van der Waals surface area contributed by atoms with Crippen LogP contribution in [0, 0.1) is 5.92 Å². The van der Waals surface area contributed by atoms with Crippen LogP contribution in [0.4, 0.5) is 13.6 Å². The SMILES string of the molecule is O=C(NC[C@@H]1CCO[C@@H]1C(=O)NC(CC(F)F)C(=O)O)OCC1c2ccccc2-c2ccccc21. The van der Waals surface area contributed by atoms with Gasteiger partial charge in [-0.15, -0.1) is 0 Å². The number of benzene rings is 2. The molecule has 0 spiro atoms. The van der Waals surface area contributed by atoms with Crippen molar-refractivity contribution >= 4 is 18.0 Å². The molecule has 1 unspecified atom stereocenters. The second kappa shape index (κ2) is 10.8. The normalized spacial score (nSPS) is 19.6. The Hall–Kier alpha value is -3.53. The number of aliphatic carboxylic acids is 1. The van der Waals surface area contributed by atoms with Crippen LogP contribution in [0.5, 0.6) is 0 Å². The van der Waals surface area contributed by atoms with Crippen molar-refractivity contribution in [2.75, 3.05) is 19.8 Å². The number of alkyl halides is 2. The number of nitrogens with one attached hydrogen (secondary N) is 2. The zero-order valence-electron chi connectivity index (χ0n) is 18.8. The predicted molar refractivity (Wildman–Crippen MR) is 121 cm³/mol. The van der Waals surface area contributed by atoms with Gasteiger partial charge >= 0.3 is 12.1 Å². The molecule has 4 rings (SSSR count). The number of halogens is 2. The van der Waals surface area contributed by atoms with Crippen LogP contribution in [0.2, 0.25) is 0 Å². The minimum absolute atomic E-state index is 0.0569. The van der Waals surface area contributed by atoms with Gasteiger partial charge in [0, 0.05) is 31.4 Å². The monoisotopic (exact) mass is 488 g/mol. The molecule has 1 saturated heterocycles. The van der Waals surface area contributed by atoms with Crippen LogP contribution in [-0.2, 0) is 19.1 Å². The molecule has 0 aromatic heterocycles. The second-order valence-corrected chi connectivity index (χ2v) is 8.57. The number of carbonyl (C=O) groups is 3. The number of carbonyl (C=O) groups excluding carboxylic acids is 2. The fourth-order valence-corrected chi connectivity index (χ4v) is 4.65. The minimum Gasteiger partial charge on any atom is -0.480 e. The topological polar surface area (TPSA) is 114 Å². The van der Waals surface area contributed by atoms with E-state index in [-0.39, 0.29) is 25.7 Å². The summed E-state index contributed by atoms with van der Waals surface area (Å²) in [5, 5.41) is 13.8. The van der Waals surface area contributed by atoms with Gasteiger partial charge in [0.25, 0.3) is 0 Å². The second-order valence-electron chi connectivity index (χ2n) is 8.57. The smallest absolute Gasteiger partial charge is 0.407 e. The van der Waals surface area contributed by atoms with Crippen molar-refractivity contribution in [1.29, 1.82) is 0 Å². The van der Waals surface area contributed by atoms with E-state index >= 15 is 0 Å². The quantitative estimate of drug-likeness (QED) is 0.500. The largest absolute Gasteiger partial charge is 0.480 e. The number of carboxylic acid groups (broad SMARTS) is 1. The fraction of sp³-hybridized carbons (Fsp3) is 0.400. The van der Waals surface area contributed by atoms with E-state index in [0.29, 0.717) is 6.42 Å². The van der Waals surface area contributed by atoms with E-state index < -0.39 is 48.9 Å². The zero-order chi connectivity index (χ0) is 24.9. The zero-order valence-corrected chi connectivity index (χ0v) is 18.8. The van der Waals surface area contributed by atoms with Gasteiger partial charge in [0.05, 0.1) is 0 Å². The van der Waals surface area contributed by atoms with Gasteiger partial charge in [-0.3, -0.25) is 4.79 Å². The number of rotatable bonds is 9. The first kappa shape index (κ1) is 24.6. The standard InChI is InChI=1S/C25H26F2N2O6/c26-21(27)11-20(24(31)32)29-23(30)22-14(9-10-34-22)12-28-25(33)35-13-19-17-7-3-1-5-15(17)16-6-2-4-8-18(16)19/h1-8,14,19-22H,9-13H2,(H,28,33)(H,29,30)(H,31,32)/t14-,20?,22-/m0/s1. The summed E-state index contributed by atoms with van der Waals surface area (Å²) in [6.07, 6.45) is -5.15. The van der Waals surface area contributed by atoms with Crippen LogP contribution in [0.3, 0.4) is 0 Å². The van der Waals surface area contributed by atoms with E-state index in [4.69, 9.17) is 14.6 Å². The molecule has 0 radical (unpaired) electrons. The Morgan fingerprint density at radius 2 is 1.69 bits per heavy atom. The van der Waals surface area contributed by atoms with Gasteiger partial charge in [-0.25, -0.2) is 18.4 Å². The summed E-state index contributed by atoms with van der Waals surface area (Å²) in [5.41, 5.74) is 4.39. The fourth-order valence-electron chi connectivity index (χ4n) is 4.65. The van der Waals surface area contributed by atoms with E-state index in [0.717, 1.165) is 22.3 Å². The summed E-state index contributed by atoms with van der Waals surface area (Å²) in [7, 11) is 0. The predicted octanol–water partition coefficient (Wildman–Crippen LogP) is 3.15. The van der Waals surface area contributed by atoms with Gasteiger partial charge in [0.15, 0.2) is 0 Å². The van der Waals surface area contributed by atoms with Gasteiger partial charge in [0.1, 0.15) is 18.8 Å². The molecule has 2 aliphatic rings. The van der Waals surface area contributed by atoms with Crippen molar-refractivity contribution in [3.05, 3.63) is 59.7 Å². The number of carboxylic acids is 1. The number of hydrogen-bond acceptors (Lipinski definition) is 5. The van der Waals surface area contributed by atoms with Crippen molar-refractivity contribution in [3.8, 4) is 11.1 Å². The highest BCUT2D eigenvalue weighted by atomic mass is 19.3. The maximum absolute atomic E-state index is 12.6. The van der Waals surface area contributed by atoms with E-state index in [1.807, 2.05) is 48.5 Å². The Bertz CT molecular complexity index is 1050. The molecule has 2 aromatic carbocycles. The van der Waals surface area contributed by atoms with Gasteiger partial charge in [0.2, 0.25) is 12.3 Å². The summed E-state index contributed by atoms with van der Waals surface area (Å²) < 4.78 is 36.1. The molecule has 1 fully saturated rings. The lowest BCUT2D eigenvalue weighted by atomic mass is 9.98. The summed E-state index contributed by atoms with van der Waals surface area (Å²) in [5.74, 6) is -2.89. The van der Waals surface area contributed by atoms with Crippen LogP contribution in [0.1, 0.15) is 29.9 Å². The van der Waals surface area contributed by atoms with Gasteiger partial charge in [-0.2, -0.15) is 0 Å². The Kier molecular flexibility index (Phi) is 7.60. The molecule has 10 heteroatoms. The van der Waals surface area contributed by atoms with Crippen molar-refractivity contribution in [2.45, 2.75) is 37.3 Å². The highest BCUT2D eigenvalue weighted by Gasteiger charge is 2.37. The van der Waals surface area contributed by atoms with Crippen LogP contribution in [0.25, 0.3) is 11.1 Å². The maximum atomic E-state index is 12.6. The molecule has 2 aromatic rings. The minimum atomic E-state index is -2.88. The third-order valence-corrected chi connectivity index (χ3v) is 6.35. The summed E-state index contributed by atoms with van der Waals surface area (Å²) in [6, 6.07) is 14.2. The van der Waals surface area contributed by atoms with Crippen molar-refractivity contribution < 1.29 is 37.7 Å². The average Bonchev–Trinajstić information content (AvgIpc) is 3.43. The highest BCUT2D eigenvalue weighted by Crippen LogP contribution is 2.44. The molecule has 3 atom stereocenters. The van der Waals surface area contributed by atoms with Crippen molar-refractivity contribution in [2.24, 2.45) is 5.92 Å². The summed E-state index contributed by atoms with van der Waals surface area (Å²) >= 11 is 0. The molecule has 35 heavy (non-hydrogen) atoms. The molecule has 186 valence electrons. The van der Waals surface area contributed by atoms with Crippen LogP contribution >= 0.6 is 0 Å². The number of hydrogen-bond donors (Lipinski definition) is 3. The molecule has 0 saturated carbocycles. The number of ether oxygens (including phenoxy) is 2. The Morgan fingerprint density at radius 1 is 1.06 bits per heavy atom. The van der Waals surface area contributed by atoms with E-state index in [2.05, 4.69) is 10.6 Å². The molecular weight excluding hydrogens is 462 g/mol. The van der Waals surface area contributed by atoms with E-state index in [1.165, 1.54) is 0 Å². The van der Waals surface area contributed by atoms with Crippen LogP contribution < -0.4 is 10.6 Å². The van der Waals surface area contributed by atoms with Crippen molar-refractivity contribution in [1.82, 2.24) is 10.6 Å². The lowest BCUT2D eigenvalue weighted by Gasteiger charge is -2.21. The third kappa shape index (κ3) is 5.59. The molecular formula is C25H26F2N2O6. The third-order valence-electron chi connectivity index (χ3n) is 6.35. The summed E-state index contributed by atoms with van der Waals surface area (Å²) in [4.78, 5) is 36.0. The molecule has 2 amide bonds. The first-order valence-electron chi connectivity index (χ1n) is 11.4. The number of amides is 2. The lowest BCUT2D eigenvalue weighted by Crippen LogP contribution is -2.49. The molecule has 1 aliphatic heterocycles. The Balaban J connectivity index is 1.30. The van der Waals surface area contributed by atoms with Crippen LogP contribution in [-0.4, -0.2) is 61.4 Å². The number of fused-ring (bicyclic) bond motifs is 3. The van der Waals surface area contributed by atoms with Gasteiger partial charge in [-0.1, -0.05) is 48.5 Å². The van der Waals surface area contributed by atoms with E-state index in [9.17, 15) is 23.2 Å². The Morgan fingerprint density at radius 3 is 2.29 bits per heavy atom. The number of alkyl carbamates (subject to hydrolysis) is 1. The Labute approximate surface area is 200 Å². The molecule has 8 nitrogen and oxygen atoms in total. The van der Waals surface area contributed by atoms with Crippen molar-refractivity contribution in [3.63, 3.8) is 0 Å². The molecule has 3 N–H and O–H groups in total. The van der Waals surface area contributed by atoms with Gasteiger partial charge < -0.3 is 25.2 Å². The highest BCUT2D eigenvalue weighted by molar-refractivity contribution is 5.86. The van der Waals surface area contributed by atoms with Crippen LogP contribution in [0.15, 0.2) is 48.5 Å².